The number of hydrogen-bond acceptors (Lipinski definition) is 3. The molecule has 0 radical (unpaired) electrons. The number of esters is 1. The predicted octanol–water partition coefficient (Wildman–Crippen LogP) is 6.78. The molecular weight excluding hydrogens is 324 g/mol. The van der Waals surface area contributed by atoms with Crippen molar-refractivity contribution in [3.8, 4) is 0 Å². The van der Waals surface area contributed by atoms with Crippen molar-refractivity contribution in [3.63, 3.8) is 0 Å². The second-order valence-electron chi connectivity index (χ2n) is 11.2. The molecule has 26 heavy (non-hydrogen) atoms. The van der Waals surface area contributed by atoms with Gasteiger partial charge in [-0.15, -0.1) is 0 Å². The molecule has 0 aliphatic heterocycles. The first-order valence-corrected chi connectivity index (χ1v) is 10.3. The van der Waals surface area contributed by atoms with E-state index in [0.29, 0.717) is 13.0 Å². The molecule has 0 heterocycles. The summed E-state index contributed by atoms with van der Waals surface area (Å²) in [6, 6.07) is 0. The zero-order valence-electron chi connectivity index (χ0n) is 19.8. The van der Waals surface area contributed by atoms with Gasteiger partial charge in [0.15, 0.2) is 0 Å². The molecular formula is C23H46O3. The fourth-order valence-corrected chi connectivity index (χ4v) is 2.94. The van der Waals surface area contributed by atoms with E-state index >= 15 is 0 Å². The van der Waals surface area contributed by atoms with Crippen LogP contribution in [0.5, 0.6) is 0 Å². The van der Waals surface area contributed by atoms with Gasteiger partial charge in [-0.3, -0.25) is 4.79 Å². The first-order valence-electron chi connectivity index (χ1n) is 10.3. The molecule has 0 spiro atoms. The zero-order valence-corrected chi connectivity index (χ0v) is 19.8. The Hall–Kier alpha value is -0.570. The van der Waals surface area contributed by atoms with Gasteiger partial charge in [0, 0.05) is 6.42 Å². The van der Waals surface area contributed by atoms with Crippen LogP contribution in [-0.4, -0.2) is 23.8 Å². The van der Waals surface area contributed by atoms with Crippen molar-refractivity contribution in [2.24, 2.45) is 16.2 Å². The average Bonchev–Trinajstić information content (AvgIpc) is 2.44. The van der Waals surface area contributed by atoms with Gasteiger partial charge in [-0.1, -0.05) is 54.9 Å². The summed E-state index contributed by atoms with van der Waals surface area (Å²) in [5.41, 5.74) is -1.28. The van der Waals surface area contributed by atoms with Crippen LogP contribution in [0, 0.1) is 16.2 Å². The molecule has 0 aromatic heterocycles. The number of hydrogen-bond donors (Lipinski definition) is 0. The lowest BCUT2D eigenvalue weighted by Gasteiger charge is -2.46. The van der Waals surface area contributed by atoms with E-state index in [1.54, 1.807) is 0 Å². The molecule has 0 amide bonds. The van der Waals surface area contributed by atoms with Crippen LogP contribution >= 0.6 is 0 Å². The third-order valence-electron chi connectivity index (χ3n) is 6.15. The molecule has 2 unspecified atom stereocenters. The molecule has 3 heteroatoms. The Kier molecular flexibility index (Phi) is 8.44. The van der Waals surface area contributed by atoms with Gasteiger partial charge in [0.1, 0.15) is 5.60 Å². The Morgan fingerprint density at radius 1 is 0.808 bits per heavy atom. The van der Waals surface area contributed by atoms with E-state index in [0.717, 1.165) is 19.3 Å². The first kappa shape index (κ1) is 25.4. The van der Waals surface area contributed by atoms with Gasteiger partial charge in [0.25, 0.3) is 0 Å². The minimum absolute atomic E-state index is 0.0772. The third-order valence-corrected chi connectivity index (χ3v) is 6.15. The number of carbonyl (C=O) groups is 1. The van der Waals surface area contributed by atoms with Crippen LogP contribution in [0.1, 0.15) is 109 Å². The maximum atomic E-state index is 13.4. The van der Waals surface area contributed by atoms with E-state index in [9.17, 15) is 4.79 Å². The normalized spacial score (nSPS) is 18.2. The van der Waals surface area contributed by atoms with Crippen LogP contribution in [0.3, 0.4) is 0 Å². The maximum Gasteiger partial charge on any atom is 0.312 e. The van der Waals surface area contributed by atoms with Crippen molar-refractivity contribution in [1.82, 2.24) is 0 Å². The van der Waals surface area contributed by atoms with Gasteiger partial charge in [0.2, 0.25) is 0 Å². The van der Waals surface area contributed by atoms with Crippen molar-refractivity contribution in [2.45, 2.75) is 120 Å². The fraction of sp³-hybridized carbons (Fsp3) is 0.957. The van der Waals surface area contributed by atoms with E-state index in [1.807, 2.05) is 27.7 Å². The monoisotopic (exact) mass is 370 g/mol. The summed E-state index contributed by atoms with van der Waals surface area (Å²) in [5.74, 6) is -0.0772. The Bertz CT molecular complexity index is 453. The summed E-state index contributed by atoms with van der Waals surface area (Å²) in [5, 5.41) is 0. The largest absolute Gasteiger partial charge is 0.459 e. The summed E-state index contributed by atoms with van der Waals surface area (Å²) >= 11 is 0. The smallest absolute Gasteiger partial charge is 0.312 e. The number of rotatable bonds is 9. The molecule has 0 aromatic rings. The van der Waals surface area contributed by atoms with Crippen molar-refractivity contribution in [2.75, 3.05) is 6.61 Å². The van der Waals surface area contributed by atoms with E-state index in [2.05, 4.69) is 55.4 Å². The van der Waals surface area contributed by atoms with Crippen LogP contribution in [-0.2, 0) is 14.3 Å². The van der Waals surface area contributed by atoms with Crippen LogP contribution in [0.25, 0.3) is 0 Å². The topological polar surface area (TPSA) is 35.5 Å². The van der Waals surface area contributed by atoms with Crippen LogP contribution in [0.4, 0.5) is 0 Å². The molecule has 3 nitrogen and oxygen atoms in total. The summed E-state index contributed by atoms with van der Waals surface area (Å²) in [6.07, 6.45) is 3.35. The van der Waals surface area contributed by atoms with Crippen molar-refractivity contribution >= 4 is 5.97 Å². The van der Waals surface area contributed by atoms with E-state index in [1.165, 1.54) is 0 Å². The number of carbonyl (C=O) groups excluding carboxylic acids is 1. The Balaban J connectivity index is 5.39. The molecule has 0 rings (SSSR count). The van der Waals surface area contributed by atoms with Crippen LogP contribution in [0.2, 0.25) is 0 Å². The van der Waals surface area contributed by atoms with Gasteiger partial charge in [0.05, 0.1) is 17.6 Å². The molecule has 0 fully saturated rings. The SMILES string of the molecule is CCC(C)(C)CC(C)(C(=O)OC(C)(CC)CCOC(C)(C)C)C(C)(C)C. The van der Waals surface area contributed by atoms with Crippen molar-refractivity contribution in [1.29, 1.82) is 0 Å². The van der Waals surface area contributed by atoms with E-state index in [4.69, 9.17) is 9.47 Å². The van der Waals surface area contributed by atoms with Gasteiger partial charge < -0.3 is 9.47 Å². The van der Waals surface area contributed by atoms with Crippen LogP contribution in [0.15, 0.2) is 0 Å². The van der Waals surface area contributed by atoms with E-state index in [-0.39, 0.29) is 22.4 Å². The molecule has 0 N–H and O–H groups in total. The lowest BCUT2D eigenvalue weighted by molar-refractivity contribution is -0.182. The molecule has 0 saturated heterocycles. The zero-order chi connectivity index (χ0) is 21.0. The highest BCUT2D eigenvalue weighted by molar-refractivity contribution is 5.78. The van der Waals surface area contributed by atoms with Gasteiger partial charge in [-0.05, 0) is 58.3 Å². The second-order valence-corrected chi connectivity index (χ2v) is 11.2. The lowest BCUT2D eigenvalue weighted by Crippen LogP contribution is -2.48. The fourth-order valence-electron chi connectivity index (χ4n) is 2.94. The summed E-state index contributed by atoms with van der Waals surface area (Å²) < 4.78 is 12.0. The van der Waals surface area contributed by atoms with Gasteiger partial charge >= 0.3 is 5.97 Å². The molecule has 0 saturated carbocycles. The van der Waals surface area contributed by atoms with Crippen molar-refractivity contribution in [3.05, 3.63) is 0 Å². The molecule has 156 valence electrons. The summed E-state index contributed by atoms with van der Waals surface area (Å²) in [7, 11) is 0. The maximum absolute atomic E-state index is 13.4. The minimum atomic E-state index is -0.534. The highest BCUT2D eigenvalue weighted by atomic mass is 16.6. The standard InChI is InChI=1S/C23H46O3/c1-13-21(9,10)17-23(12,19(3,4)5)18(24)26-22(11,14-2)15-16-25-20(6,7)8/h13-17H2,1-12H3. The predicted molar refractivity (Wildman–Crippen MR) is 111 cm³/mol. The quantitative estimate of drug-likeness (QED) is 0.419. The Morgan fingerprint density at radius 3 is 1.65 bits per heavy atom. The molecule has 0 aromatic carbocycles. The summed E-state index contributed by atoms with van der Waals surface area (Å²) in [6.45, 7) is 26.0. The molecule has 0 aliphatic carbocycles. The van der Waals surface area contributed by atoms with E-state index < -0.39 is 11.0 Å². The average molecular weight is 371 g/mol. The highest BCUT2D eigenvalue weighted by Gasteiger charge is 2.49. The van der Waals surface area contributed by atoms with Crippen molar-refractivity contribution < 1.29 is 14.3 Å². The second kappa shape index (κ2) is 8.63. The lowest BCUT2D eigenvalue weighted by atomic mass is 9.60. The third kappa shape index (κ3) is 7.58. The molecule has 0 bridgehead atoms. The Labute approximate surface area is 163 Å². The first-order chi connectivity index (χ1) is 11.4. The minimum Gasteiger partial charge on any atom is -0.459 e. The number of ether oxygens (including phenoxy) is 2. The Morgan fingerprint density at radius 2 is 1.31 bits per heavy atom. The van der Waals surface area contributed by atoms with Gasteiger partial charge in [-0.25, -0.2) is 0 Å². The van der Waals surface area contributed by atoms with Gasteiger partial charge in [-0.2, -0.15) is 0 Å². The van der Waals surface area contributed by atoms with Crippen LogP contribution < -0.4 is 0 Å². The molecule has 0 aliphatic rings. The highest BCUT2D eigenvalue weighted by Crippen LogP contribution is 2.49. The molecule has 2 atom stereocenters. The summed E-state index contributed by atoms with van der Waals surface area (Å²) in [4.78, 5) is 13.4.